The van der Waals surface area contributed by atoms with E-state index in [0.717, 1.165) is 11.1 Å². The third-order valence-electron chi connectivity index (χ3n) is 2.05. The van der Waals surface area contributed by atoms with E-state index in [1.807, 2.05) is 19.1 Å². The highest BCUT2D eigenvalue weighted by atomic mass is 35.5. The molecule has 0 aromatic heterocycles. The molecule has 3 heteroatoms. The van der Waals surface area contributed by atoms with Gasteiger partial charge in [0.1, 0.15) is 0 Å². The van der Waals surface area contributed by atoms with Gasteiger partial charge in [0.05, 0.1) is 6.67 Å². The van der Waals surface area contributed by atoms with Crippen molar-refractivity contribution < 1.29 is 4.39 Å². The van der Waals surface area contributed by atoms with E-state index in [2.05, 4.69) is 0 Å². The number of halogens is 2. The average Bonchev–Trinajstić information content (AvgIpc) is 2.04. The summed E-state index contributed by atoms with van der Waals surface area (Å²) in [6.07, 6.45) is 0.364. The number of alkyl halides is 1. The van der Waals surface area contributed by atoms with Crippen LogP contribution in [0.15, 0.2) is 18.2 Å². The van der Waals surface area contributed by atoms with Crippen LogP contribution in [0.3, 0.4) is 0 Å². The van der Waals surface area contributed by atoms with Crippen molar-refractivity contribution in [2.45, 2.75) is 19.4 Å². The molecule has 0 bridgehead atoms. The van der Waals surface area contributed by atoms with Crippen molar-refractivity contribution in [1.82, 2.24) is 0 Å². The van der Waals surface area contributed by atoms with Gasteiger partial charge in [0.15, 0.2) is 0 Å². The standard InChI is InChI=1S/C10H13ClFN/c1-7-6-8(11)2-3-9(7)10(13)4-5-12/h2-3,6,10H,4-5,13H2,1H3/t10-/m1/s1. The Morgan fingerprint density at radius 1 is 1.54 bits per heavy atom. The average molecular weight is 202 g/mol. The molecule has 0 saturated heterocycles. The molecular weight excluding hydrogens is 189 g/mol. The first-order valence-corrected chi connectivity index (χ1v) is 4.60. The third kappa shape index (κ3) is 2.68. The number of nitrogens with two attached hydrogens (primary N) is 1. The SMILES string of the molecule is Cc1cc(Cl)ccc1[C@H](N)CCF. The zero-order valence-corrected chi connectivity index (χ0v) is 8.31. The molecule has 0 unspecified atom stereocenters. The molecule has 0 spiro atoms. The second-order valence-electron chi connectivity index (χ2n) is 3.09. The number of benzene rings is 1. The molecule has 1 aromatic rings. The van der Waals surface area contributed by atoms with E-state index < -0.39 is 0 Å². The largest absolute Gasteiger partial charge is 0.324 e. The predicted octanol–water partition coefficient (Wildman–Crippen LogP) is 3.01. The Balaban J connectivity index is 2.88. The second kappa shape index (κ2) is 4.58. The minimum atomic E-state index is -0.386. The fraction of sp³-hybridized carbons (Fsp3) is 0.400. The molecule has 13 heavy (non-hydrogen) atoms. The molecule has 0 radical (unpaired) electrons. The Morgan fingerprint density at radius 2 is 2.23 bits per heavy atom. The summed E-state index contributed by atoms with van der Waals surface area (Å²) in [5.41, 5.74) is 7.77. The van der Waals surface area contributed by atoms with Gasteiger partial charge in [-0.05, 0) is 36.6 Å². The van der Waals surface area contributed by atoms with Gasteiger partial charge in [-0.25, -0.2) is 0 Å². The Bertz CT molecular complexity index is 288. The van der Waals surface area contributed by atoms with Crippen LogP contribution < -0.4 is 5.73 Å². The van der Waals surface area contributed by atoms with Crippen molar-refractivity contribution >= 4 is 11.6 Å². The molecule has 1 nitrogen and oxygen atoms in total. The molecule has 0 fully saturated rings. The van der Waals surface area contributed by atoms with Crippen LogP contribution >= 0.6 is 11.6 Å². The number of hydrogen-bond donors (Lipinski definition) is 1. The lowest BCUT2D eigenvalue weighted by Gasteiger charge is -2.12. The summed E-state index contributed by atoms with van der Waals surface area (Å²) in [6.45, 7) is 1.54. The highest BCUT2D eigenvalue weighted by Crippen LogP contribution is 2.21. The smallest absolute Gasteiger partial charge is 0.0912 e. The monoisotopic (exact) mass is 201 g/mol. The van der Waals surface area contributed by atoms with Crippen molar-refractivity contribution in [3.8, 4) is 0 Å². The van der Waals surface area contributed by atoms with Crippen molar-refractivity contribution in [1.29, 1.82) is 0 Å². The van der Waals surface area contributed by atoms with Crippen molar-refractivity contribution in [2.75, 3.05) is 6.67 Å². The van der Waals surface area contributed by atoms with Gasteiger partial charge in [-0.15, -0.1) is 0 Å². The van der Waals surface area contributed by atoms with Crippen LogP contribution in [-0.2, 0) is 0 Å². The summed E-state index contributed by atoms with van der Waals surface area (Å²) < 4.78 is 12.0. The zero-order chi connectivity index (χ0) is 9.84. The van der Waals surface area contributed by atoms with E-state index in [1.54, 1.807) is 6.07 Å². The summed E-state index contributed by atoms with van der Waals surface area (Å²) >= 11 is 5.78. The quantitative estimate of drug-likeness (QED) is 0.800. The Hall–Kier alpha value is -0.600. The lowest BCUT2D eigenvalue weighted by molar-refractivity contribution is 0.441. The molecule has 0 heterocycles. The molecule has 2 N–H and O–H groups in total. The summed E-state index contributed by atoms with van der Waals surface area (Å²) in [5.74, 6) is 0. The van der Waals surface area contributed by atoms with Crippen LogP contribution in [0.25, 0.3) is 0 Å². The van der Waals surface area contributed by atoms with Gasteiger partial charge in [0, 0.05) is 11.1 Å². The summed E-state index contributed by atoms with van der Waals surface area (Å²) in [7, 11) is 0. The first-order valence-electron chi connectivity index (χ1n) is 4.22. The van der Waals surface area contributed by atoms with Gasteiger partial charge < -0.3 is 5.73 Å². The Morgan fingerprint density at radius 3 is 2.77 bits per heavy atom. The van der Waals surface area contributed by atoms with Crippen molar-refractivity contribution in [3.05, 3.63) is 34.3 Å². The lowest BCUT2D eigenvalue weighted by atomic mass is 10.0. The normalized spacial score (nSPS) is 12.9. The molecule has 0 saturated carbocycles. The maximum atomic E-state index is 12.0. The maximum Gasteiger partial charge on any atom is 0.0912 e. The van der Waals surface area contributed by atoms with Gasteiger partial charge >= 0.3 is 0 Å². The van der Waals surface area contributed by atoms with E-state index in [9.17, 15) is 4.39 Å². The van der Waals surface area contributed by atoms with Crippen LogP contribution in [0.5, 0.6) is 0 Å². The molecule has 1 aromatic carbocycles. The second-order valence-corrected chi connectivity index (χ2v) is 3.52. The van der Waals surface area contributed by atoms with E-state index >= 15 is 0 Å². The highest BCUT2D eigenvalue weighted by molar-refractivity contribution is 6.30. The minimum Gasteiger partial charge on any atom is -0.324 e. The third-order valence-corrected chi connectivity index (χ3v) is 2.29. The van der Waals surface area contributed by atoms with Gasteiger partial charge in [-0.3, -0.25) is 4.39 Å². The van der Waals surface area contributed by atoms with Gasteiger partial charge in [-0.2, -0.15) is 0 Å². The maximum absolute atomic E-state index is 12.0. The number of aryl methyl sites for hydroxylation is 1. The van der Waals surface area contributed by atoms with Crippen LogP contribution in [0.4, 0.5) is 4.39 Å². The first kappa shape index (κ1) is 10.5. The molecule has 0 aliphatic rings. The van der Waals surface area contributed by atoms with Gasteiger partial charge in [-0.1, -0.05) is 17.7 Å². The van der Waals surface area contributed by atoms with Crippen LogP contribution in [0.1, 0.15) is 23.6 Å². The van der Waals surface area contributed by atoms with Gasteiger partial charge in [0.25, 0.3) is 0 Å². The molecule has 1 rings (SSSR count). The fourth-order valence-electron chi connectivity index (χ4n) is 1.33. The molecule has 72 valence electrons. The van der Waals surface area contributed by atoms with Crippen LogP contribution in [0.2, 0.25) is 5.02 Å². The van der Waals surface area contributed by atoms with Crippen LogP contribution in [0, 0.1) is 6.92 Å². The number of hydrogen-bond acceptors (Lipinski definition) is 1. The first-order chi connectivity index (χ1) is 6.15. The molecule has 0 aliphatic heterocycles. The lowest BCUT2D eigenvalue weighted by Crippen LogP contribution is -2.12. The van der Waals surface area contributed by atoms with E-state index in [1.165, 1.54) is 0 Å². The zero-order valence-electron chi connectivity index (χ0n) is 7.56. The Labute approximate surface area is 82.7 Å². The molecule has 0 aliphatic carbocycles. The van der Waals surface area contributed by atoms with Crippen LogP contribution in [-0.4, -0.2) is 6.67 Å². The Kier molecular flexibility index (Phi) is 3.70. The fourth-order valence-corrected chi connectivity index (χ4v) is 1.55. The predicted molar refractivity (Wildman–Crippen MR) is 53.7 cm³/mol. The summed E-state index contributed by atoms with van der Waals surface area (Å²) in [4.78, 5) is 0. The highest BCUT2D eigenvalue weighted by Gasteiger charge is 2.08. The van der Waals surface area contributed by atoms with Crippen molar-refractivity contribution in [2.24, 2.45) is 5.73 Å². The summed E-state index contributed by atoms with van der Waals surface area (Å²) in [6, 6.07) is 5.26. The number of rotatable bonds is 3. The van der Waals surface area contributed by atoms with Gasteiger partial charge in [0.2, 0.25) is 0 Å². The van der Waals surface area contributed by atoms with E-state index in [-0.39, 0.29) is 12.7 Å². The topological polar surface area (TPSA) is 26.0 Å². The molecule has 1 atom stereocenters. The van der Waals surface area contributed by atoms with Crippen molar-refractivity contribution in [3.63, 3.8) is 0 Å². The van der Waals surface area contributed by atoms with E-state index in [0.29, 0.717) is 11.4 Å². The molecule has 0 amide bonds. The summed E-state index contributed by atoms with van der Waals surface area (Å²) in [5, 5.41) is 0.689. The molecular formula is C10H13ClFN. The van der Waals surface area contributed by atoms with E-state index in [4.69, 9.17) is 17.3 Å². The minimum absolute atomic E-state index is 0.220.